The molecule has 7 nitrogen and oxygen atoms in total. The number of hydrogen-bond acceptors (Lipinski definition) is 7. The number of likely N-dealkylation sites (N-methyl/N-ethyl adjacent to an activating group) is 1. The highest BCUT2D eigenvalue weighted by atomic mass is 32.1. The van der Waals surface area contributed by atoms with Gasteiger partial charge in [0, 0.05) is 62.1 Å². The predicted octanol–water partition coefficient (Wildman–Crippen LogP) is 3.98. The highest BCUT2D eigenvalue weighted by molar-refractivity contribution is 7.21. The van der Waals surface area contributed by atoms with E-state index in [0.29, 0.717) is 29.4 Å². The van der Waals surface area contributed by atoms with E-state index in [1.807, 2.05) is 26.1 Å². The minimum absolute atomic E-state index is 0.0319. The van der Waals surface area contributed by atoms with Crippen molar-refractivity contribution in [1.82, 2.24) is 20.5 Å². The summed E-state index contributed by atoms with van der Waals surface area (Å²) in [6, 6.07) is 12.4. The second kappa shape index (κ2) is 10.2. The SMILES string of the molecule is CNc1c(C(=O)NCCc2ccc(N3CC4CCC(C3)N4)c(C3CCN(C)C3)c2)sc2nc(C)ccc12. The molecule has 5 heterocycles. The Bertz CT molecular complexity index is 1290. The van der Waals surface area contributed by atoms with Gasteiger partial charge in [-0.25, -0.2) is 4.98 Å². The number of hydrogen-bond donors (Lipinski definition) is 3. The van der Waals surface area contributed by atoms with Crippen LogP contribution in [0.3, 0.4) is 0 Å². The van der Waals surface area contributed by atoms with Crippen LogP contribution < -0.4 is 20.9 Å². The molecule has 3 atom stereocenters. The molecule has 6 rings (SSSR count). The van der Waals surface area contributed by atoms with Gasteiger partial charge in [-0.3, -0.25) is 4.79 Å². The normalized spacial score (nSPS) is 23.6. The lowest BCUT2D eigenvalue weighted by Gasteiger charge is -2.36. The third-order valence-corrected chi connectivity index (χ3v) is 9.43. The molecule has 3 aliphatic heterocycles. The van der Waals surface area contributed by atoms with Crippen LogP contribution in [0.4, 0.5) is 11.4 Å². The van der Waals surface area contributed by atoms with Gasteiger partial charge >= 0.3 is 0 Å². The van der Waals surface area contributed by atoms with E-state index in [-0.39, 0.29) is 5.91 Å². The van der Waals surface area contributed by atoms with E-state index in [4.69, 9.17) is 0 Å². The van der Waals surface area contributed by atoms with Gasteiger partial charge in [-0.05, 0) is 81.4 Å². The quantitative estimate of drug-likeness (QED) is 0.440. The molecule has 3 fully saturated rings. The lowest BCUT2D eigenvalue weighted by molar-refractivity contribution is 0.0959. The number of piperazine rings is 1. The fraction of sp³-hybridized carbons (Fsp3) is 0.517. The van der Waals surface area contributed by atoms with Crippen molar-refractivity contribution < 1.29 is 4.79 Å². The average Bonchev–Trinajstić information content (AvgIpc) is 3.59. The largest absolute Gasteiger partial charge is 0.386 e. The van der Waals surface area contributed by atoms with E-state index in [1.165, 1.54) is 47.4 Å². The number of amides is 1. The van der Waals surface area contributed by atoms with Crippen LogP contribution in [0.5, 0.6) is 0 Å². The number of carbonyl (C=O) groups is 1. The van der Waals surface area contributed by atoms with Gasteiger partial charge in [0.25, 0.3) is 5.91 Å². The zero-order valence-electron chi connectivity index (χ0n) is 22.1. The Morgan fingerprint density at radius 2 is 1.95 bits per heavy atom. The monoisotopic (exact) mass is 518 g/mol. The van der Waals surface area contributed by atoms with Crippen LogP contribution in [0.25, 0.3) is 10.2 Å². The maximum Gasteiger partial charge on any atom is 0.263 e. The number of carbonyl (C=O) groups excluding carboxylic acids is 1. The van der Waals surface area contributed by atoms with Crippen LogP contribution in [0.1, 0.15) is 51.7 Å². The number of aromatic nitrogens is 1. The molecule has 8 heteroatoms. The highest BCUT2D eigenvalue weighted by Crippen LogP contribution is 2.37. The molecule has 3 aromatic rings. The van der Waals surface area contributed by atoms with E-state index in [1.54, 1.807) is 0 Å². The summed E-state index contributed by atoms with van der Waals surface area (Å²) in [6.45, 7) is 7.10. The second-order valence-electron chi connectivity index (χ2n) is 11.1. The van der Waals surface area contributed by atoms with Crippen LogP contribution in [-0.2, 0) is 6.42 Å². The molecule has 3 aliphatic rings. The Hall–Kier alpha value is -2.68. The Morgan fingerprint density at radius 1 is 1.14 bits per heavy atom. The van der Waals surface area contributed by atoms with Gasteiger partial charge < -0.3 is 25.8 Å². The smallest absolute Gasteiger partial charge is 0.263 e. The van der Waals surface area contributed by atoms with Crippen LogP contribution in [0.15, 0.2) is 30.3 Å². The molecule has 0 saturated carbocycles. The highest BCUT2D eigenvalue weighted by Gasteiger charge is 2.34. The average molecular weight is 519 g/mol. The van der Waals surface area contributed by atoms with Gasteiger partial charge in [0.1, 0.15) is 9.71 Å². The van der Waals surface area contributed by atoms with E-state index in [0.717, 1.165) is 54.2 Å². The molecular weight excluding hydrogens is 480 g/mol. The molecule has 1 aromatic carbocycles. The van der Waals surface area contributed by atoms with Gasteiger partial charge in [0.05, 0.1) is 5.69 Å². The minimum Gasteiger partial charge on any atom is -0.386 e. The van der Waals surface area contributed by atoms with E-state index in [9.17, 15) is 4.79 Å². The van der Waals surface area contributed by atoms with Crippen LogP contribution in [0, 0.1) is 6.92 Å². The van der Waals surface area contributed by atoms with Crippen molar-refractivity contribution in [3.63, 3.8) is 0 Å². The summed E-state index contributed by atoms with van der Waals surface area (Å²) in [5.41, 5.74) is 6.06. The summed E-state index contributed by atoms with van der Waals surface area (Å²) in [7, 11) is 4.10. The number of nitrogens with zero attached hydrogens (tertiary/aromatic N) is 3. The van der Waals surface area contributed by atoms with Crippen molar-refractivity contribution in [2.24, 2.45) is 0 Å². The topological polar surface area (TPSA) is 72.5 Å². The van der Waals surface area contributed by atoms with Gasteiger partial charge in [0.15, 0.2) is 0 Å². The number of nitrogens with one attached hydrogen (secondary N) is 3. The van der Waals surface area contributed by atoms with Gasteiger partial charge in [-0.1, -0.05) is 12.1 Å². The molecular formula is C29H38N6OS. The maximum atomic E-state index is 13.1. The van der Waals surface area contributed by atoms with Crippen LogP contribution >= 0.6 is 11.3 Å². The fourth-order valence-electron chi connectivity index (χ4n) is 6.44. The number of benzene rings is 1. The summed E-state index contributed by atoms with van der Waals surface area (Å²) in [6.07, 6.45) is 4.64. The lowest BCUT2D eigenvalue weighted by atomic mass is 9.93. The minimum atomic E-state index is -0.0319. The number of anilines is 2. The molecule has 3 unspecified atom stereocenters. The zero-order valence-corrected chi connectivity index (χ0v) is 23.0. The third-order valence-electron chi connectivity index (χ3n) is 8.33. The first-order valence-corrected chi connectivity index (χ1v) is 14.5. The number of pyridine rings is 1. The first kappa shape index (κ1) is 24.6. The first-order valence-electron chi connectivity index (χ1n) is 13.7. The maximum absolute atomic E-state index is 13.1. The number of fused-ring (bicyclic) bond motifs is 3. The van der Waals surface area contributed by atoms with Crippen molar-refractivity contribution in [2.45, 2.75) is 50.6 Å². The number of rotatable bonds is 7. The van der Waals surface area contributed by atoms with Crippen LogP contribution in [-0.4, -0.2) is 74.7 Å². The Morgan fingerprint density at radius 3 is 2.68 bits per heavy atom. The molecule has 37 heavy (non-hydrogen) atoms. The Labute approximate surface area is 223 Å². The molecule has 196 valence electrons. The number of likely N-dealkylation sites (tertiary alicyclic amines) is 1. The van der Waals surface area contributed by atoms with Gasteiger partial charge in [0.2, 0.25) is 0 Å². The molecule has 0 radical (unpaired) electrons. The Balaban J connectivity index is 1.17. The standard InChI is InChI=1S/C29H38N6OS/c1-18-4-8-23-26(30-2)27(37-29(23)32-18)28(36)31-12-10-19-5-9-25(24(14-19)20-11-13-34(3)15-20)35-16-21-6-7-22(17-35)33-21/h4-5,8-9,14,20-22,30,33H,6-7,10-13,15-17H2,1-3H3,(H,31,36). The molecule has 3 N–H and O–H groups in total. The number of thiophene rings is 1. The summed E-state index contributed by atoms with van der Waals surface area (Å²) < 4.78 is 0. The predicted molar refractivity (Wildman–Crippen MR) is 153 cm³/mol. The number of aryl methyl sites for hydroxylation is 1. The molecule has 1 amide bonds. The van der Waals surface area contributed by atoms with Crippen molar-refractivity contribution >= 4 is 38.8 Å². The van der Waals surface area contributed by atoms with Crippen LogP contribution in [0.2, 0.25) is 0 Å². The lowest BCUT2D eigenvalue weighted by Crippen LogP contribution is -2.51. The van der Waals surface area contributed by atoms with Gasteiger partial charge in [-0.15, -0.1) is 11.3 Å². The van der Waals surface area contributed by atoms with E-state index >= 15 is 0 Å². The fourth-order valence-corrected chi connectivity index (χ4v) is 7.58. The molecule has 0 spiro atoms. The van der Waals surface area contributed by atoms with Gasteiger partial charge in [-0.2, -0.15) is 0 Å². The van der Waals surface area contributed by atoms with E-state index < -0.39 is 0 Å². The Kier molecular flexibility index (Phi) is 6.82. The van der Waals surface area contributed by atoms with Crippen molar-refractivity contribution in [2.75, 3.05) is 57.0 Å². The molecule has 2 aromatic heterocycles. The first-order chi connectivity index (χ1) is 18.0. The zero-order chi connectivity index (χ0) is 25.5. The summed E-state index contributed by atoms with van der Waals surface area (Å²) in [5, 5.41) is 11.2. The summed E-state index contributed by atoms with van der Waals surface area (Å²) in [5.74, 6) is 0.547. The summed E-state index contributed by atoms with van der Waals surface area (Å²) in [4.78, 5) is 24.4. The van der Waals surface area contributed by atoms with E-state index in [2.05, 4.69) is 56.0 Å². The van der Waals surface area contributed by atoms with Crippen molar-refractivity contribution in [1.29, 1.82) is 0 Å². The molecule has 3 saturated heterocycles. The van der Waals surface area contributed by atoms with Crippen molar-refractivity contribution in [3.05, 3.63) is 52.0 Å². The van der Waals surface area contributed by atoms with Crippen molar-refractivity contribution in [3.8, 4) is 0 Å². The molecule has 2 bridgehead atoms. The third kappa shape index (κ3) is 4.94. The summed E-state index contributed by atoms with van der Waals surface area (Å²) >= 11 is 1.46. The second-order valence-corrected chi connectivity index (χ2v) is 12.1. The molecule has 0 aliphatic carbocycles.